The highest BCUT2D eigenvalue weighted by Crippen LogP contribution is 2.30. The molecule has 0 radical (unpaired) electrons. The van der Waals surface area contributed by atoms with Crippen LogP contribution in [0.3, 0.4) is 0 Å². The topological polar surface area (TPSA) is 73.2 Å². The van der Waals surface area contributed by atoms with Crippen molar-refractivity contribution in [3.63, 3.8) is 0 Å². The molecule has 1 fully saturated rings. The molecule has 32 heavy (non-hydrogen) atoms. The maximum Gasteiger partial charge on any atom is 0.266 e. The van der Waals surface area contributed by atoms with Crippen LogP contribution < -0.4 is 15.6 Å². The van der Waals surface area contributed by atoms with E-state index in [1.807, 2.05) is 42.5 Å². The number of aromatic nitrogens is 2. The van der Waals surface area contributed by atoms with Crippen LogP contribution in [0.5, 0.6) is 5.75 Å². The van der Waals surface area contributed by atoms with Gasteiger partial charge in [-0.2, -0.15) is 0 Å². The Morgan fingerprint density at radius 3 is 2.72 bits per heavy atom. The van der Waals surface area contributed by atoms with E-state index in [0.29, 0.717) is 39.3 Å². The van der Waals surface area contributed by atoms with E-state index in [-0.39, 0.29) is 23.3 Å². The normalized spacial score (nSPS) is 20.8. The standard InChI is InChI=1S/C25H29N3O3S/c1-16-9-8-12-19(17(16)2)26-23(29)15-32-25-27-20-11-5-4-10-18(20)24(30)28(25)21-13-6-7-14-22(21)31-3/h4-7,10-11,13-14,16-17,19H,8-9,12,15H2,1-3H3,(H,26,29)/t16-,17+,19+/m0/s1. The lowest BCUT2D eigenvalue weighted by molar-refractivity contribution is -0.120. The van der Waals surface area contributed by atoms with E-state index in [1.54, 1.807) is 17.7 Å². The first kappa shape index (κ1) is 22.4. The highest BCUT2D eigenvalue weighted by Gasteiger charge is 2.28. The minimum atomic E-state index is -0.183. The van der Waals surface area contributed by atoms with E-state index < -0.39 is 0 Å². The third-order valence-electron chi connectivity index (χ3n) is 6.46. The van der Waals surface area contributed by atoms with Gasteiger partial charge < -0.3 is 10.1 Å². The molecule has 1 saturated carbocycles. The molecule has 0 spiro atoms. The first-order valence-corrected chi connectivity index (χ1v) is 12.1. The average Bonchev–Trinajstić information content (AvgIpc) is 2.81. The molecule has 0 bridgehead atoms. The number of hydrogen-bond acceptors (Lipinski definition) is 5. The minimum absolute atomic E-state index is 0.0325. The van der Waals surface area contributed by atoms with Crippen molar-refractivity contribution in [3.8, 4) is 11.4 Å². The van der Waals surface area contributed by atoms with Crippen molar-refractivity contribution in [3.05, 3.63) is 58.9 Å². The van der Waals surface area contributed by atoms with Gasteiger partial charge in [-0.1, -0.05) is 62.7 Å². The molecule has 0 saturated heterocycles. The number of ether oxygens (including phenoxy) is 1. The summed E-state index contributed by atoms with van der Waals surface area (Å²) in [7, 11) is 1.57. The Balaban J connectivity index is 1.64. The zero-order valence-corrected chi connectivity index (χ0v) is 19.5. The maximum atomic E-state index is 13.4. The van der Waals surface area contributed by atoms with E-state index in [1.165, 1.54) is 18.2 Å². The third-order valence-corrected chi connectivity index (χ3v) is 7.40. The molecule has 1 aliphatic carbocycles. The lowest BCUT2D eigenvalue weighted by Gasteiger charge is -2.34. The Bertz CT molecular complexity index is 1180. The van der Waals surface area contributed by atoms with Crippen molar-refractivity contribution >= 4 is 28.6 Å². The van der Waals surface area contributed by atoms with Gasteiger partial charge in [0.2, 0.25) is 5.91 Å². The van der Waals surface area contributed by atoms with Gasteiger partial charge >= 0.3 is 0 Å². The first-order chi connectivity index (χ1) is 15.5. The Labute approximate surface area is 192 Å². The second-order valence-electron chi connectivity index (χ2n) is 8.45. The molecule has 168 valence electrons. The van der Waals surface area contributed by atoms with Gasteiger partial charge in [0, 0.05) is 6.04 Å². The third kappa shape index (κ3) is 4.53. The fourth-order valence-electron chi connectivity index (χ4n) is 4.40. The molecule has 1 N–H and O–H groups in total. The van der Waals surface area contributed by atoms with Crippen LogP contribution in [0, 0.1) is 11.8 Å². The molecule has 2 aromatic carbocycles. The second-order valence-corrected chi connectivity index (χ2v) is 9.40. The molecule has 0 unspecified atom stereocenters. The number of benzene rings is 2. The van der Waals surface area contributed by atoms with E-state index in [4.69, 9.17) is 9.72 Å². The van der Waals surface area contributed by atoms with Gasteiger partial charge in [-0.15, -0.1) is 0 Å². The monoisotopic (exact) mass is 451 g/mol. The Morgan fingerprint density at radius 2 is 1.91 bits per heavy atom. The van der Waals surface area contributed by atoms with Gasteiger partial charge in [0.05, 0.1) is 29.5 Å². The number of rotatable bonds is 6. The fourth-order valence-corrected chi connectivity index (χ4v) is 5.22. The van der Waals surface area contributed by atoms with E-state index in [0.717, 1.165) is 12.8 Å². The molecule has 1 aromatic heterocycles. The smallest absolute Gasteiger partial charge is 0.266 e. The molecule has 6 nitrogen and oxygen atoms in total. The molecule has 0 aliphatic heterocycles. The Morgan fingerprint density at radius 1 is 1.16 bits per heavy atom. The zero-order chi connectivity index (χ0) is 22.7. The summed E-state index contributed by atoms with van der Waals surface area (Å²) in [6.07, 6.45) is 3.37. The number of methoxy groups -OCH3 is 1. The van der Waals surface area contributed by atoms with Crippen LogP contribution in [0.25, 0.3) is 16.6 Å². The minimum Gasteiger partial charge on any atom is -0.495 e. The summed E-state index contributed by atoms with van der Waals surface area (Å²) in [5.41, 5.74) is 1.04. The molecule has 7 heteroatoms. The van der Waals surface area contributed by atoms with Crippen LogP contribution in [0.15, 0.2) is 58.5 Å². The summed E-state index contributed by atoms with van der Waals surface area (Å²) < 4.78 is 7.04. The summed E-state index contributed by atoms with van der Waals surface area (Å²) in [6.45, 7) is 4.47. The number of carbonyl (C=O) groups is 1. The zero-order valence-electron chi connectivity index (χ0n) is 18.7. The maximum absolute atomic E-state index is 13.4. The van der Waals surface area contributed by atoms with Gasteiger partial charge in [0.1, 0.15) is 5.75 Å². The van der Waals surface area contributed by atoms with Crippen molar-refractivity contribution in [2.45, 2.75) is 44.3 Å². The van der Waals surface area contributed by atoms with Crippen molar-refractivity contribution in [1.82, 2.24) is 14.9 Å². The van der Waals surface area contributed by atoms with Crippen molar-refractivity contribution in [2.75, 3.05) is 12.9 Å². The lowest BCUT2D eigenvalue weighted by Crippen LogP contribution is -2.44. The summed E-state index contributed by atoms with van der Waals surface area (Å²) in [4.78, 5) is 30.9. The van der Waals surface area contributed by atoms with E-state index in [9.17, 15) is 9.59 Å². The molecular formula is C25H29N3O3S. The molecule has 1 aliphatic rings. The number of amides is 1. The van der Waals surface area contributed by atoms with Crippen LogP contribution in [0.1, 0.15) is 33.1 Å². The lowest BCUT2D eigenvalue weighted by atomic mass is 9.78. The highest BCUT2D eigenvalue weighted by molar-refractivity contribution is 7.99. The highest BCUT2D eigenvalue weighted by atomic mass is 32.2. The summed E-state index contributed by atoms with van der Waals surface area (Å²) in [5.74, 6) is 1.80. The van der Waals surface area contributed by atoms with E-state index >= 15 is 0 Å². The van der Waals surface area contributed by atoms with Crippen LogP contribution in [-0.2, 0) is 4.79 Å². The summed E-state index contributed by atoms with van der Waals surface area (Å²) in [5, 5.41) is 4.20. The SMILES string of the molecule is COc1ccccc1-n1c(SCC(=O)N[C@@H]2CCC[C@H](C)[C@H]2C)nc2ccccc2c1=O. The van der Waals surface area contributed by atoms with Gasteiger partial charge in [-0.05, 0) is 42.5 Å². The van der Waals surface area contributed by atoms with Gasteiger partial charge in [-0.3, -0.25) is 14.2 Å². The van der Waals surface area contributed by atoms with Crippen molar-refractivity contribution in [1.29, 1.82) is 0 Å². The van der Waals surface area contributed by atoms with Gasteiger partial charge in [0.25, 0.3) is 5.56 Å². The number of nitrogens with one attached hydrogen (secondary N) is 1. The Kier molecular flexibility index (Phi) is 6.84. The molecule has 1 amide bonds. The average molecular weight is 452 g/mol. The van der Waals surface area contributed by atoms with Gasteiger partial charge in [-0.25, -0.2) is 4.98 Å². The molecule has 3 atom stereocenters. The number of para-hydroxylation sites is 3. The summed E-state index contributed by atoms with van der Waals surface area (Å²) >= 11 is 1.27. The van der Waals surface area contributed by atoms with Crippen molar-refractivity contribution in [2.24, 2.45) is 11.8 Å². The molecule has 3 aromatic rings. The predicted octanol–water partition coefficient (Wildman–Crippen LogP) is 4.43. The number of carbonyl (C=O) groups excluding carboxylic acids is 1. The number of nitrogens with zero attached hydrogens (tertiary/aromatic N) is 2. The largest absolute Gasteiger partial charge is 0.495 e. The Hall–Kier alpha value is -2.80. The van der Waals surface area contributed by atoms with Crippen LogP contribution in [-0.4, -0.2) is 34.4 Å². The second kappa shape index (κ2) is 9.77. The number of thioether (sulfide) groups is 1. The molecule has 4 rings (SSSR count). The van der Waals surface area contributed by atoms with Crippen LogP contribution in [0.4, 0.5) is 0 Å². The first-order valence-electron chi connectivity index (χ1n) is 11.1. The van der Waals surface area contributed by atoms with Crippen molar-refractivity contribution < 1.29 is 9.53 Å². The number of fused-ring (bicyclic) bond motifs is 1. The van der Waals surface area contributed by atoms with Gasteiger partial charge in [0.15, 0.2) is 5.16 Å². The predicted molar refractivity (Wildman–Crippen MR) is 129 cm³/mol. The van der Waals surface area contributed by atoms with E-state index in [2.05, 4.69) is 19.2 Å². The quantitative estimate of drug-likeness (QED) is 0.443. The molecule has 1 heterocycles. The van der Waals surface area contributed by atoms with Crippen LogP contribution in [0.2, 0.25) is 0 Å². The summed E-state index contributed by atoms with van der Waals surface area (Å²) in [6, 6.07) is 14.8. The number of hydrogen-bond donors (Lipinski definition) is 1. The van der Waals surface area contributed by atoms with Crippen LogP contribution >= 0.6 is 11.8 Å². The molecular weight excluding hydrogens is 422 g/mol. The fraction of sp³-hybridized carbons (Fsp3) is 0.400.